The number of carbonyl (C=O) groups excluding carboxylic acids is 1. The van der Waals surface area contributed by atoms with Crippen LogP contribution in [0.25, 0.3) is 10.8 Å². The summed E-state index contributed by atoms with van der Waals surface area (Å²) in [7, 11) is 1.54. The fraction of sp³-hybridized carbons (Fsp3) is 0.118. The minimum atomic E-state index is -0.423. The van der Waals surface area contributed by atoms with Gasteiger partial charge in [-0.15, -0.1) is 0 Å². The third kappa shape index (κ3) is 3.11. The van der Waals surface area contributed by atoms with E-state index < -0.39 is 5.82 Å². The van der Waals surface area contributed by atoms with Crippen LogP contribution in [0.3, 0.4) is 0 Å². The van der Waals surface area contributed by atoms with E-state index in [-0.39, 0.29) is 17.9 Å². The number of rotatable bonds is 3. The highest BCUT2D eigenvalue weighted by Crippen LogP contribution is 2.15. The average molecular weight is 311 g/mol. The van der Waals surface area contributed by atoms with Gasteiger partial charge in [-0.1, -0.05) is 24.3 Å². The van der Waals surface area contributed by atoms with Crippen molar-refractivity contribution in [2.75, 3.05) is 5.32 Å². The Hall–Kier alpha value is -3.02. The van der Waals surface area contributed by atoms with Gasteiger partial charge in [-0.2, -0.15) is 5.10 Å². The summed E-state index contributed by atoms with van der Waals surface area (Å²) in [4.78, 5) is 24.2. The summed E-state index contributed by atoms with van der Waals surface area (Å²) in [6.07, 6.45) is -0.00878. The Balaban J connectivity index is 1.91. The highest BCUT2D eigenvalue weighted by molar-refractivity contribution is 5.95. The molecule has 0 saturated carbocycles. The lowest BCUT2D eigenvalue weighted by atomic mass is 10.1. The predicted molar refractivity (Wildman–Crippen MR) is 85.7 cm³/mol. The van der Waals surface area contributed by atoms with E-state index >= 15 is 0 Å². The number of anilines is 1. The lowest BCUT2D eigenvalue weighted by Gasteiger charge is -2.09. The molecule has 5 nitrogen and oxygen atoms in total. The molecule has 1 N–H and O–H groups in total. The van der Waals surface area contributed by atoms with Gasteiger partial charge in [-0.3, -0.25) is 9.59 Å². The third-order valence-electron chi connectivity index (χ3n) is 3.47. The number of aromatic nitrogens is 2. The van der Waals surface area contributed by atoms with Crippen molar-refractivity contribution in [2.45, 2.75) is 6.42 Å². The Morgan fingerprint density at radius 3 is 2.65 bits per heavy atom. The van der Waals surface area contributed by atoms with Crippen LogP contribution in [-0.4, -0.2) is 15.7 Å². The number of benzene rings is 2. The first-order valence-corrected chi connectivity index (χ1v) is 7.05. The van der Waals surface area contributed by atoms with Gasteiger partial charge in [0.15, 0.2) is 0 Å². The molecule has 2 aromatic carbocycles. The maximum atomic E-state index is 13.1. The molecule has 0 aliphatic heterocycles. The van der Waals surface area contributed by atoms with Crippen LogP contribution in [0.4, 0.5) is 10.1 Å². The van der Waals surface area contributed by atoms with Crippen molar-refractivity contribution in [3.63, 3.8) is 0 Å². The molecule has 0 aliphatic carbocycles. The van der Waals surface area contributed by atoms with Gasteiger partial charge in [-0.05, 0) is 24.3 Å². The van der Waals surface area contributed by atoms with Crippen LogP contribution < -0.4 is 10.9 Å². The van der Waals surface area contributed by atoms with Crippen LogP contribution in [0.15, 0.2) is 53.3 Å². The second kappa shape index (κ2) is 6.00. The van der Waals surface area contributed by atoms with Crippen molar-refractivity contribution in [3.8, 4) is 0 Å². The number of fused-ring (bicyclic) bond motifs is 1. The van der Waals surface area contributed by atoms with E-state index in [0.29, 0.717) is 22.2 Å². The van der Waals surface area contributed by atoms with Crippen molar-refractivity contribution in [1.29, 1.82) is 0 Å². The van der Waals surface area contributed by atoms with Crippen molar-refractivity contribution < 1.29 is 9.18 Å². The quantitative estimate of drug-likeness (QED) is 0.807. The Morgan fingerprint density at radius 1 is 1.17 bits per heavy atom. The summed E-state index contributed by atoms with van der Waals surface area (Å²) >= 11 is 0. The van der Waals surface area contributed by atoms with E-state index in [1.807, 2.05) is 0 Å². The summed E-state index contributed by atoms with van der Waals surface area (Å²) in [5, 5.41) is 7.95. The second-order valence-corrected chi connectivity index (χ2v) is 5.16. The number of hydrogen-bond donors (Lipinski definition) is 1. The minimum Gasteiger partial charge on any atom is -0.326 e. The van der Waals surface area contributed by atoms with Crippen molar-refractivity contribution in [1.82, 2.24) is 9.78 Å². The minimum absolute atomic E-state index is 0.00878. The van der Waals surface area contributed by atoms with Gasteiger partial charge in [0.05, 0.1) is 17.5 Å². The van der Waals surface area contributed by atoms with Gasteiger partial charge in [0, 0.05) is 18.1 Å². The molecule has 0 radical (unpaired) electrons. The van der Waals surface area contributed by atoms with Crippen LogP contribution in [0.5, 0.6) is 0 Å². The molecule has 1 aromatic heterocycles. The number of hydrogen-bond acceptors (Lipinski definition) is 3. The maximum absolute atomic E-state index is 13.1. The van der Waals surface area contributed by atoms with E-state index in [0.717, 1.165) is 0 Å². The standard InChI is InChI=1S/C17H14FN3O2/c1-21-17(23)14-8-3-2-7-13(14)15(20-21)10-16(22)19-12-6-4-5-11(18)9-12/h2-9H,10H2,1H3,(H,19,22). The van der Waals surface area contributed by atoms with Crippen LogP contribution in [0, 0.1) is 5.82 Å². The summed E-state index contributed by atoms with van der Waals surface area (Å²) in [5.74, 6) is -0.750. The van der Waals surface area contributed by atoms with E-state index in [2.05, 4.69) is 10.4 Å². The molecule has 23 heavy (non-hydrogen) atoms. The Labute approximate surface area is 131 Å². The van der Waals surface area contributed by atoms with Crippen LogP contribution in [-0.2, 0) is 18.3 Å². The molecule has 6 heteroatoms. The highest BCUT2D eigenvalue weighted by atomic mass is 19.1. The second-order valence-electron chi connectivity index (χ2n) is 5.16. The number of nitrogens with zero attached hydrogens (tertiary/aromatic N) is 2. The first-order chi connectivity index (χ1) is 11.0. The molecule has 0 saturated heterocycles. The van der Waals surface area contributed by atoms with Crippen molar-refractivity contribution in [2.24, 2.45) is 7.05 Å². The van der Waals surface area contributed by atoms with Gasteiger partial charge < -0.3 is 5.32 Å². The average Bonchev–Trinajstić information content (AvgIpc) is 2.52. The first-order valence-electron chi connectivity index (χ1n) is 7.05. The fourth-order valence-corrected chi connectivity index (χ4v) is 2.43. The van der Waals surface area contributed by atoms with E-state index in [1.54, 1.807) is 37.4 Å². The zero-order valence-corrected chi connectivity index (χ0v) is 12.4. The third-order valence-corrected chi connectivity index (χ3v) is 3.47. The van der Waals surface area contributed by atoms with Crippen LogP contribution in [0.1, 0.15) is 5.69 Å². The molecule has 0 unspecified atom stereocenters. The normalized spacial score (nSPS) is 10.7. The zero-order valence-electron chi connectivity index (χ0n) is 12.4. The molecule has 0 bridgehead atoms. The van der Waals surface area contributed by atoms with E-state index in [1.165, 1.54) is 22.9 Å². The predicted octanol–water partition coefficient (Wildman–Crippen LogP) is 2.25. The molecule has 3 aromatic rings. The topological polar surface area (TPSA) is 64.0 Å². The number of halogens is 1. The number of aryl methyl sites for hydroxylation is 1. The van der Waals surface area contributed by atoms with Gasteiger partial charge >= 0.3 is 0 Å². The van der Waals surface area contributed by atoms with Crippen LogP contribution in [0.2, 0.25) is 0 Å². The van der Waals surface area contributed by atoms with E-state index in [9.17, 15) is 14.0 Å². The summed E-state index contributed by atoms with van der Waals surface area (Å²) in [5.41, 5.74) is 0.663. The summed E-state index contributed by atoms with van der Waals surface area (Å²) in [6.45, 7) is 0. The zero-order chi connectivity index (χ0) is 16.4. The molecule has 3 rings (SSSR count). The Morgan fingerprint density at radius 2 is 1.91 bits per heavy atom. The fourth-order valence-electron chi connectivity index (χ4n) is 2.43. The van der Waals surface area contributed by atoms with Gasteiger partial charge in [-0.25, -0.2) is 9.07 Å². The largest absolute Gasteiger partial charge is 0.326 e. The van der Waals surface area contributed by atoms with Crippen molar-refractivity contribution >= 4 is 22.4 Å². The molecule has 1 amide bonds. The Bertz CT molecular complexity index is 950. The number of carbonyl (C=O) groups is 1. The molecule has 116 valence electrons. The van der Waals surface area contributed by atoms with Gasteiger partial charge in [0.2, 0.25) is 5.91 Å². The number of nitrogens with one attached hydrogen (secondary N) is 1. The van der Waals surface area contributed by atoms with Crippen molar-refractivity contribution in [3.05, 3.63) is 70.4 Å². The molecule has 0 atom stereocenters. The molecule has 0 aliphatic rings. The van der Waals surface area contributed by atoms with Gasteiger partial charge in [0.1, 0.15) is 5.82 Å². The summed E-state index contributed by atoms with van der Waals surface area (Å²) < 4.78 is 14.4. The highest BCUT2D eigenvalue weighted by Gasteiger charge is 2.12. The molecule has 0 fully saturated rings. The molecular formula is C17H14FN3O2. The Kier molecular flexibility index (Phi) is 3.89. The van der Waals surface area contributed by atoms with Gasteiger partial charge in [0.25, 0.3) is 5.56 Å². The lowest BCUT2D eigenvalue weighted by molar-refractivity contribution is -0.115. The summed E-state index contributed by atoms with van der Waals surface area (Å²) in [6, 6.07) is 12.7. The molecule has 0 spiro atoms. The van der Waals surface area contributed by atoms with E-state index in [4.69, 9.17) is 0 Å². The molecular weight excluding hydrogens is 297 g/mol. The SMILES string of the molecule is Cn1nc(CC(=O)Nc2cccc(F)c2)c2ccccc2c1=O. The monoisotopic (exact) mass is 311 g/mol. The maximum Gasteiger partial charge on any atom is 0.274 e. The first kappa shape index (κ1) is 14.9. The van der Waals surface area contributed by atoms with Crippen LogP contribution >= 0.6 is 0 Å². The smallest absolute Gasteiger partial charge is 0.274 e. The number of amides is 1. The molecule has 1 heterocycles. The lowest BCUT2D eigenvalue weighted by Crippen LogP contribution is -2.24.